The van der Waals surface area contributed by atoms with Crippen LogP contribution in [0.5, 0.6) is 5.75 Å². The van der Waals surface area contributed by atoms with Crippen LogP contribution in [-0.2, 0) is 0 Å². The van der Waals surface area contributed by atoms with E-state index in [1.807, 2.05) is 13.0 Å². The summed E-state index contributed by atoms with van der Waals surface area (Å²) in [6.07, 6.45) is 6.47. The standard InChI is InChI=1S/C16H24ClNO/c1-11-5-4-6-13(8-7-11)18-15-9-12(2)14(17)10-16(15)19-3/h9-11,13,18H,4-8H2,1-3H3. The predicted octanol–water partition coefficient (Wildman–Crippen LogP) is 5.04. The van der Waals surface area contributed by atoms with Gasteiger partial charge in [-0.1, -0.05) is 31.4 Å². The molecular weight excluding hydrogens is 258 g/mol. The maximum Gasteiger partial charge on any atom is 0.143 e. The minimum atomic E-state index is 0.555. The smallest absolute Gasteiger partial charge is 0.143 e. The topological polar surface area (TPSA) is 21.3 Å². The monoisotopic (exact) mass is 281 g/mol. The Hall–Kier alpha value is -0.890. The number of anilines is 1. The lowest BCUT2D eigenvalue weighted by Crippen LogP contribution is -2.19. The summed E-state index contributed by atoms with van der Waals surface area (Å²) in [6.45, 7) is 4.39. The summed E-state index contributed by atoms with van der Waals surface area (Å²) in [5.41, 5.74) is 2.16. The second-order valence-electron chi connectivity index (χ2n) is 5.76. The van der Waals surface area contributed by atoms with E-state index in [-0.39, 0.29) is 0 Å². The van der Waals surface area contributed by atoms with Crippen LogP contribution in [0.1, 0.15) is 44.6 Å². The lowest BCUT2D eigenvalue weighted by molar-refractivity contribution is 0.415. The van der Waals surface area contributed by atoms with Gasteiger partial charge in [-0.25, -0.2) is 0 Å². The Bertz CT molecular complexity index is 433. The van der Waals surface area contributed by atoms with Crippen LogP contribution >= 0.6 is 11.6 Å². The molecule has 2 rings (SSSR count). The zero-order valence-electron chi connectivity index (χ0n) is 12.1. The second kappa shape index (κ2) is 6.51. The number of hydrogen-bond donors (Lipinski definition) is 1. The van der Waals surface area contributed by atoms with Crippen LogP contribution in [0.2, 0.25) is 5.02 Å². The summed E-state index contributed by atoms with van der Waals surface area (Å²) in [4.78, 5) is 0. The van der Waals surface area contributed by atoms with Gasteiger partial charge in [0.1, 0.15) is 5.75 Å². The van der Waals surface area contributed by atoms with Crippen molar-refractivity contribution < 1.29 is 4.74 Å². The summed E-state index contributed by atoms with van der Waals surface area (Å²) < 4.78 is 5.43. The van der Waals surface area contributed by atoms with E-state index in [0.29, 0.717) is 6.04 Å². The molecule has 2 nitrogen and oxygen atoms in total. The first-order chi connectivity index (χ1) is 9.10. The van der Waals surface area contributed by atoms with Crippen molar-refractivity contribution in [2.75, 3.05) is 12.4 Å². The van der Waals surface area contributed by atoms with Gasteiger partial charge >= 0.3 is 0 Å². The van der Waals surface area contributed by atoms with E-state index in [9.17, 15) is 0 Å². The SMILES string of the molecule is COc1cc(Cl)c(C)cc1NC1CCCC(C)CC1. The van der Waals surface area contributed by atoms with Gasteiger partial charge in [0.15, 0.2) is 0 Å². The lowest BCUT2D eigenvalue weighted by Gasteiger charge is -2.20. The van der Waals surface area contributed by atoms with Crippen LogP contribution in [-0.4, -0.2) is 13.2 Å². The number of rotatable bonds is 3. The third-order valence-corrected chi connectivity index (χ3v) is 4.51. The highest BCUT2D eigenvalue weighted by Crippen LogP contribution is 2.33. The molecule has 1 aliphatic rings. The Kier molecular flexibility index (Phi) is 4.98. The molecule has 0 saturated heterocycles. The highest BCUT2D eigenvalue weighted by molar-refractivity contribution is 6.31. The summed E-state index contributed by atoms with van der Waals surface area (Å²) in [5, 5.41) is 4.41. The molecule has 3 heteroatoms. The summed E-state index contributed by atoms with van der Waals surface area (Å²) >= 11 is 6.14. The molecule has 1 aliphatic carbocycles. The summed E-state index contributed by atoms with van der Waals surface area (Å²) in [7, 11) is 1.70. The second-order valence-corrected chi connectivity index (χ2v) is 6.16. The van der Waals surface area contributed by atoms with Crippen LogP contribution in [0.15, 0.2) is 12.1 Å². The fourth-order valence-corrected chi connectivity index (χ4v) is 2.95. The van der Waals surface area contributed by atoms with Crippen LogP contribution in [0.25, 0.3) is 0 Å². The first-order valence-electron chi connectivity index (χ1n) is 7.21. The maximum absolute atomic E-state index is 6.14. The molecule has 19 heavy (non-hydrogen) atoms. The quantitative estimate of drug-likeness (QED) is 0.784. The Morgan fingerprint density at radius 1 is 1.21 bits per heavy atom. The average Bonchev–Trinajstić information content (AvgIpc) is 2.59. The number of halogens is 1. The largest absolute Gasteiger partial charge is 0.495 e. The van der Waals surface area contributed by atoms with E-state index in [0.717, 1.165) is 27.9 Å². The third kappa shape index (κ3) is 3.79. The number of benzene rings is 1. The van der Waals surface area contributed by atoms with Crippen LogP contribution in [0, 0.1) is 12.8 Å². The van der Waals surface area contributed by atoms with E-state index in [1.165, 1.54) is 32.1 Å². The Balaban J connectivity index is 2.11. The van der Waals surface area contributed by atoms with E-state index >= 15 is 0 Å². The number of methoxy groups -OCH3 is 1. The van der Waals surface area contributed by atoms with Crippen molar-refractivity contribution in [3.8, 4) is 5.75 Å². The predicted molar refractivity (Wildman–Crippen MR) is 82.4 cm³/mol. The molecule has 1 saturated carbocycles. The van der Waals surface area contributed by atoms with E-state index in [2.05, 4.69) is 18.3 Å². The molecule has 0 spiro atoms. The lowest BCUT2D eigenvalue weighted by atomic mass is 10.0. The zero-order valence-corrected chi connectivity index (χ0v) is 12.9. The molecule has 0 bridgehead atoms. The van der Waals surface area contributed by atoms with Gasteiger partial charge in [-0.2, -0.15) is 0 Å². The molecule has 106 valence electrons. The van der Waals surface area contributed by atoms with Gasteiger partial charge < -0.3 is 10.1 Å². The van der Waals surface area contributed by atoms with Gasteiger partial charge in [0.2, 0.25) is 0 Å². The van der Waals surface area contributed by atoms with Crippen molar-refractivity contribution in [1.29, 1.82) is 0 Å². The van der Waals surface area contributed by atoms with Crippen LogP contribution in [0.4, 0.5) is 5.69 Å². The number of nitrogens with one attached hydrogen (secondary N) is 1. The van der Waals surface area contributed by atoms with Gasteiger partial charge in [-0.3, -0.25) is 0 Å². The summed E-state index contributed by atoms with van der Waals surface area (Å²) in [5.74, 6) is 1.70. The fraction of sp³-hybridized carbons (Fsp3) is 0.625. The molecule has 0 amide bonds. The first-order valence-corrected chi connectivity index (χ1v) is 7.58. The minimum Gasteiger partial charge on any atom is -0.495 e. The average molecular weight is 282 g/mol. The third-order valence-electron chi connectivity index (χ3n) is 4.10. The summed E-state index contributed by atoms with van der Waals surface area (Å²) in [6, 6.07) is 4.55. The number of hydrogen-bond acceptors (Lipinski definition) is 2. The van der Waals surface area contributed by atoms with Crippen molar-refractivity contribution in [2.45, 2.75) is 52.0 Å². The van der Waals surface area contributed by atoms with E-state index in [4.69, 9.17) is 16.3 Å². The molecule has 1 aromatic carbocycles. The Morgan fingerprint density at radius 2 is 2.00 bits per heavy atom. The zero-order chi connectivity index (χ0) is 13.8. The van der Waals surface area contributed by atoms with Crippen molar-refractivity contribution in [3.05, 3.63) is 22.7 Å². The van der Waals surface area contributed by atoms with E-state index in [1.54, 1.807) is 7.11 Å². The number of ether oxygens (including phenoxy) is 1. The van der Waals surface area contributed by atoms with Crippen LogP contribution in [0.3, 0.4) is 0 Å². The van der Waals surface area contributed by atoms with Crippen LogP contribution < -0.4 is 10.1 Å². The van der Waals surface area contributed by atoms with Gasteiger partial charge in [0.05, 0.1) is 12.8 Å². The van der Waals surface area contributed by atoms with Gasteiger partial charge in [-0.05, 0) is 43.7 Å². The molecular formula is C16H24ClNO. The first kappa shape index (κ1) is 14.5. The van der Waals surface area contributed by atoms with Crippen molar-refractivity contribution in [2.24, 2.45) is 5.92 Å². The highest BCUT2D eigenvalue weighted by atomic mass is 35.5. The van der Waals surface area contributed by atoms with Gasteiger partial charge in [-0.15, -0.1) is 0 Å². The molecule has 0 aromatic heterocycles. The number of aryl methyl sites for hydroxylation is 1. The molecule has 2 atom stereocenters. The molecule has 2 unspecified atom stereocenters. The Morgan fingerprint density at radius 3 is 2.74 bits per heavy atom. The van der Waals surface area contributed by atoms with Crippen molar-refractivity contribution in [3.63, 3.8) is 0 Å². The molecule has 1 N–H and O–H groups in total. The molecule has 0 heterocycles. The fourth-order valence-electron chi connectivity index (χ4n) is 2.80. The molecule has 0 aliphatic heterocycles. The van der Waals surface area contributed by atoms with Gasteiger partial charge in [0, 0.05) is 17.1 Å². The molecule has 1 aromatic rings. The van der Waals surface area contributed by atoms with Crippen molar-refractivity contribution in [1.82, 2.24) is 0 Å². The minimum absolute atomic E-state index is 0.555. The molecule has 1 fully saturated rings. The normalized spacial score (nSPS) is 23.8. The van der Waals surface area contributed by atoms with E-state index < -0.39 is 0 Å². The van der Waals surface area contributed by atoms with Gasteiger partial charge in [0.25, 0.3) is 0 Å². The van der Waals surface area contributed by atoms with Crippen molar-refractivity contribution >= 4 is 17.3 Å². The molecule has 0 radical (unpaired) electrons. The Labute approximate surface area is 121 Å². The highest BCUT2D eigenvalue weighted by Gasteiger charge is 2.17. The maximum atomic E-state index is 6.14.